The van der Waals surface area contributed by atoms with E-state index in [0.29, 0.717) is 18.2 Å². The number of Topliss-reactive ketones (excluding diaryl/α,β-unsaturated/α-hetero) is 1. The Morgan fingerprint density at radius 1 is 0.597 bits per heavy atom. The van der Waals surface area contributed by atoms with E-state index in [2.05, 4.69) is 31.4 Å². The molecule has 0 bridgehead atoms. The second-order valence-corrected chi connectivity index (χ2v) is 19.5. The molecule has 30 heteroatoms. The number of ketones is 1. The van der Waals surface area contributed by atoms with E-state index in [9.17, 15) is 66.3 Å². The van der Waals surface area contributed by atoms with Crippen LogP contribution in [0.4, 0.5) is 28.4 Å². The molecule has 0 saturated heterocycles. The van der Waals surface area contributed by atoms with Crippen LogP contribution in [0.25, 0.3) is 16.8 Å². The topological polar surface area (TPSA) is 362 Å². The van der Waals surface area contributed by atoms with Crippen LogP contribution in [0.1, 0.15) is 43.6 Å². The summed E-state index contributed by atoms with van der Waals surface area (Å²) in [6.45, 7) is 1.36. The first kappa shape index (κ1) is 62.7. The SMILES string of the molecule is CCOc1cc(N=Nc2ccc(NC(=O)c3ccccc3)cc2S(=O)(=O)[O-])c2cc(S(=O)(=O)[O-])ccc2c1N/N=C1/C(=O)c2c(cc(S(=O)(=O)[O-])cc2NC(=O)c2ccccc2)C=C1S(=O)(=O)[O-].[Na+].[Na+].[Na+].[Na+]. The number of allylic oxidation sites excluding steroid dienone is 1. The van der Waals surface area contributed by atoms with Gasteiger partial charge >= 0.3 is 118 Å². The summed E-state index contributed by atoms with van der Waals surface area (Å²) in [5, 5.41) is 16.3. The van der Waals surface area contributed by atoms with Gasteiger partial charge < -0.3 is 33.6 Å². The molecule has 0 aromatic heterocycles. The van der Waals surface area contributed by atoms with Crippen LogP contribution in [-0.4, -0.2) is 81.8 Å². The molecule has 0 saturated carbocycles. The van der Waals surface area contributed by atoms with Gasteiger partial charge in [-0.05, 0) is 85.3 Å². The zero-order valence-corrected chi connectivity index (χ0v) is 49.5. The number of hydrazone groups is 1. The summed E-state index contributed by atoms with van der Waals surface area (Å²) in [6, 6.07) is 23.2. The number of fused-ring (bicyclic) bond motifs is 2. The number of hydrogen-bond donors (Lipinski definition) is 3. The van der Waals surface area contributed by atoms with E-state index in [-0.39, 0.29) is 170 Å². The first-order chi connectivity index (χ1) is 31.9. The zero-order valence-electron chi connectivity index (χ0n) is 38.3. The Morgan fingerprint density at radius 2 is 1.17 bits per heavy atom. The van der Waals surface area contributed by atoms with Crippen LogP contribution in [0.2, 0.25) is 0 Å². The molecular weight excluding hydrogens is 1060 g/mol. The van der Waals surface area contributed by atoms with E-state index in [1.54, 1.807) is 24.3 Å². The van der Waals surface area contributed by atoms with Crippen LogP contribution in [0, 0.1) is 0 Å². The Labute approximate surface area is 499 Å². The third-order valence-electron chi connectivity index (χ3n) is 9.65. The molecule has 72 heavy (non-hydrogen) atoms. The minimum absolute atomic E-state index is 0. The molecule has 6 aromatic carbocycles. The molecule has 7 rings (SSSR count). The van der Waals surface area contributed by atoms with Crippen LogP contribution in [0.3, 0.4) is 0 Å². The molecule has 6 aromatic rings. The van der Waals surface area contributed by atoms with Crippen LogP contribution in [-0.2, 0) is 40.5 Å². The first-order valence-corrected chi connectivity index (χ1v) is 24.7. The number of azo groups is 1. The molecule has 3 N–H and O–H groups in total. The molecule has 1 aliphatic rings. The summed E-state index contributed by atoms with van der Waals surface area (Å²) in [6.07, 6.45) is 0.559. The average molecular weight is 1090 g/mol. The van der Waals surface area contributed by atoms with Gasteiger partial charge in [0.1, 0.15) is 63.3 Å². The van der Waals surface area contributed by atoms with Crippen molar-refractivity contribution in [3.8, 4) is 5.75 Å². The molecule has 0 aliphatic heterocycles. The number of carbonyl (C=O) groups is 3. The molecular formula is C42H28N6Na4O16S4. The van der Waals surface area contributed by atoms with E-state index in [1.807, 2.05) is 0 Å². The number of nitrogens with one attached hydrogen (secondary N) is 3. The number of benzene rings is 6. The van der Waals surface area contributed by atoms with Crippen molar-refractivity contribution in [2.24, 2.45) is 15.3 Å². The normalized spacial score (nSPS) is 13.0. The summed E-state index contributed by atoms with van der Waals surface area (Å²) in [4.78, 5) is 36.1. The van der Waals surface area contributed by atoms with Gasteiger partial charge in [-0.15, -0.1) is 10.2 Å². The molecule has 22 nitrogen and oxygen atoms in total. The van der Waals surface area contributed by atoms with E-state index in [1.165, 1.54) is 49.4 Å². The standard InChI is InChI=1S/C42H32N6O16S4.4Na/c1-2-64-34-22-32(46-45-31-16-13-26(19-35(31)67(58,59)60)43-41(50)23-9-5-3-6-10-23)30-20-27(65(52,53)54)14-15-29(30)38(34)47-48-39-36(68(61,62)63)18-25-17-28(66(55,56)57)21-33(37(25)40(39)49)44-42(51)24-11-7-4-8-12-24;;;;/h3-22,47H,2H2,1H3,(H,43,50)(H,44,51)(H,52,53,54)(H,55,56,57)(H,58,59,60)(H,61,62,63);;;;/q;4*+1/p-4/b46-45?,48-39+;;;;. The minimum Gasteiger partial charge on any atom is -0.744 e. The fourth-order valence-corrected chi connectivity index (χ4v) is 8.95. The molecule has 0 fully saturated rings. The summed E-state index contributed by atoms with van der Waals surface area (Å²) in [5.74, 6) is -3.18. The van der Waals surface area contributed by atoms with Gasteiger partial charge in [-0.25, -0.2) is 33.7 Å². The Morgan fingerprint density at radius 3 is 1.71 bits per heavy atom. The van der Waals surface area contributed by atoms with Crippen molar-refractivity contribution in [3.05, 3.63) is 142 Å². The zero-order chi connectivity index (χ0) is 49.3. The van der Waals surface area contributed by atoms with Gasteiger partial charge in [-0.1, -0.05) is 42.5 Å². The van der Waals surface area contributed by atoms with Gasteiger partial charge in [0.05, 0.1) is 43.1 Å². The third kappa shape index (κ3) is 14.6. The van der Waals surface area contributed by atoms with Crippen molar-refractivity contribution >= 4 is 109 Å². The molecule has 350 valence electrons. The molecule has 0 spiro atoms. The Bertz CT molecular complexity index is 3680. The number of amides is 2. The molecule has 0 unspecified atom stereocenters. The van der Waals surface area contributed by atoms with Gasteiger partial charge in [-0.2, -0.15) is 5.10 Å². The average Bonchev–Trinajstić information content (AvgIpc) is 3.27. The fraction of sp³-hybridized carbons (Fsp3) is 0.0476. The van der Waals surface area contributed by atoms with Crippen LogP contribution in [0.15, 0.2) is 150 Å². The van der Waals surface area contributed by atoms with E-state index < -0.39 is 106 Å². The van der Waals surface area contributed by atoms with Gasteiger partial charge in [0.25, 0.3) is 11.8 Å². The minimum atomic E-state index is -5.68. The van der Waals surface area contributed by atoms with Crippen LogP contribution >= 0.6 is 0 Å². The Balaban J connectivity index is 0.00000342. The fourth-order valence-electron chi connectivity index (χ4n) is 6.64. The first-order valence-electron chi connectivity index (χ1n) is 19.1. The van der Waals surface area contributed by atoms with Gasteiger partial charge in [-0.3, -0.25) is 19.8 Å². The number of nitrogens with zero attached hydrogens (tertiary/aromatic N) is 3. The Kier molecular flexibility index (Phi) is 22.1. The summed E-state index contributed by atoms with van der Waals surface area (Å²) < 4.78 is 154. The summed E-state index contributed by atoms with van der Waals surface area (Å²) in [5.41, 5.74) is -1.56. The second kappa shape index (κ2) is 25.3. The smallest absolute Gasteiger partial charge is 0.744 e. The number of hydrogen-bond acceptors (Lipinski definition) is 20. The number of rotatable bonds is 14. The van der Waals surface area contributed by atoms with Crippen LogP contribution in [0.5, 0.6) is 5.75 Å². The van der Waals surface area contributed by atoms with Crippen LogP contribution < -0.4 is 139 Å². The maximum absolute atomic E-state index is 14.3. The second-order valence-electron chi connectivity index (χ2n) is 14.1. The summed E-state index contributed by atoms with van der Waals surface area (Å²) in [7, 11) is -21.5. The van der Waals surface area contributed by atoms with E-state index in [4.69, 9.17) is 4.74 Å². The van der Waals surface area contributed by atoms with Crippen molar-refractivity contribution in [1.29, 1.82) is 0 Å². The molecule has 0 radical (unpaired) electrons. The Hall–Kier alpha value is -3.56. The molecule has 0 heterocycles. The maximum Gasteiger partial charge on any atom is 1.00 e. The molecule has 1 aliphatic carbocycles. The molecule has 0 atom stereocenters. The third-order valence-corrected chi connectivity index (χ3v) is 13.0. The number of carbonyl (C=O) groups excluding carboxylic acids is 3. The maximum atomic E-state index is 14.3. The van der Waals surface area contributed by atoms with Crippen molar-refractivity contribution in [3.63, 3.8) is 0 Å². The molecule has 2 amide bonds. The quantitative estimate of drug-likeness (QED) is 0.0395. The monoisotopic (exact) mass is 1090 g/mol. The van der Waals surface area contributed by atoms with Gasteiger partial charge in [0, 0.05) is 33.7 Å². The van der Waals surface area contributed by atoms with Gasteiger partial charge in [0.15, 0.2) is 0 Å². The van der Waals surface area contributed by atoms with Crippen molar-refractivity contribution in [2.45, 2.75) is 21.6 Å². The number of ether oxygens (including phenoxy) is 1. The van der Waals surface area contributed by atoms with Crippen molar-refractivity contribution in [2.75, 3.05) is 22.7 Å². The largest absolute Gasteiger partial charge is 1.00 e. The predicted molar refractivity (Wildman–Crippen MR) is 238 cm³/mol. The predicted octanol–water partition coefficient (Wildman–Crippen LogP) is -6.56. The number of anilines is 3. The van der Waals surface area contributed by atoms with Crippen molar-refractivity contribution < 1.29 is 189 Å². The van der Waals surface area contributed by atoms with E-state index >= 15 is 0 Å². The van der Waals surface area contributed by atoms with E-state index in [0.717, 1.165) is 36.4 Å². The summed E-state index contributed by atoms with van der Waals surface area (Å²) >= 11 is 0. The van der Waals surface area contributed by atoms with Crippen molar-refractivity contribution in [1.82, 2.24) is 0 Å². The van der Waals surface area contributed by atoms with Gasteiger partial charge in [0.2, 0.25) is 5.78 Å².